The van der Waals surface area contributed by atoms with Gasteiger partial charge in [0.2, 0.25) is 0 Å². The summed E-state index contributed by atoms with van der Waals surface area (Å²) in [6, 6.07) is 9.58. The summed E-state index contributed by atoms with van der Waals surface area (Å²) in [4.78, 5) is 0. The van der Waals surface area contributed by atoms with E-state index in [2.05, 4.69) is 27.7 Å². The second kappa shape index (κ2) is 7.75. The first-order valence-electron chi connectivity index (χ1n) is 7.38. The van der Waals surface area contributed by atoms with Crippen LogP contribution >= 0.6 is 7.37 Å². The van der Waals surface area contributed by atoms with Crippen molar-refractivity contribution in [2.24, 2.45) is 0 Å². The maximum atomic E-state index is 13.3. The van der Waals surface area contributed by atoms with E-state index in [1.165, 1.54) is 0 Å². The Kier molecular flexibility index (Phi) is 6.65. The lowest BCUT2D eigenvalue weighted by Gasteiger charge is -2.30. The molecule has 2 nitrogen and oxygen atoms in total. The molecule has 19 heavy (non-hydrogen) atoms. The maximum Gasteiger partial charge on any atom is 0.253 e. The molecule has 2 atom stereocenters. The quantitative estimate of drug-likeness (QED) is 0.570. The number of hydrogen-bond acceptors (Lipinski definition) is 2. The fourth-order valence-electron chi connectivity index (χ4n) is 2.46. The van der Waals surface area contributed by atoms with Crippen molar-refractivity contribution in [1.82, 2.24) is 0 Å². The minimum absolute atomic E-state index is 0.124. The average Bonchev–Trinajstić information content (AvgIpc) is 2.40. The third-order valence-electron chi connectivity index (χ3n) is 3.63. The molecule has 0 aliphatic heterocycles. The molecular formula is C16H27O2P. The molecule has 0 spiro atoms. The van der Waals surface area contributed by atoms with Gasteiger partial charge in [-0.05, 0) is 25.0 Å². The van der Waals surface area contributed by atoms with Crippen LogP contribution in [0.15, 0.2) is 30.3 Å². The van der Waals surface area contributed by atoms with Crippen molar-refractivity contribution in [3.63, 3.8) is 0 Å². The van der Waals surface area contributed by atoms with E-state index in [1.807, 2.05) is 30.3 Å². The first kappa shape index (κ1) is 16.3. The molecule has 0 N–H and O–H groups in total. The molecule has 0 aromatic heterocycles. The van der Waals surface area contributed by atoms with Crippen LogP contribution in [-0.2, 0) is 4.57 Å². The van der Waals surface area contributed by atoms with E-state index in [-0.39, 0.29) is 11.3 Å². The normalized spacial score (nSPS) is 17.5. The van der Waals surface area contributed by atoms with Crippen molar-refractivity contribution in [2.45, 2.75) is 64.7 Å². The molecule has 0 saturated carbocycles. The monoisotopic (exact) mass is 282 g/mol. The number of benzene rings is 1. The highest BCUT2D eigenvalue weighted by molar-refractivity contribution is 7.60. The predicted molar refractivity (Wildman–Crippen MR) is 83.4 cm³/mol. The third-order valence-corrected chi connectivity index (χ3v) is 7.10. The molecule has 0 fully saturated rings. The van der Waals surface area contributed by atoms with Crippen LogP contribution in [0.1, 0.15) is 53.4 Å². The van der Waals surface area contributed by atoms with Crippen LogP contribution < -0.4 is 4.52 Å². The van der Waals surface area contributed by atoms with Crippen molar-refractivity contribution in [3.8, 4) is 5.75 Å². The second-order valence-electron chi connectivity index (χ2n) is 5.32. The molecule has 0 aliphatic carbocycles. The van der Waals surface area contributed by atoms with E-state index in [1.54, 1.807) is 0 Å². The van der Waals surface area contributed by atoms with Gasteiger partial charge in [0.1, 0.15) is 5.75 Å². The van der Waals surface area contributed by atoms with E-state index in [0.29, 0.717) is 0 Å². The summed E-state index contributed by atoms with van der Waals surface area (Å²) in [5, 5.41) is 0. The highest BCUT2D eigenvalue weighted by Crippen LogP contribution is 2.58. The molecule has 0 radical (unpaired) electrons. The molecule has 1 aromatic rings. The van der Waals surface area contributed by atoms with Gasteiger partial charge < -0.3 is 4.52 Å². The third kappa shape index (κ3) is 4.38. The van der Waals surface area contributed by atoms with Crippen LogP contribution in [0.5, 0.6) is 5.75 Å². The van der Waals surface area contributed by atoms with Crippen molar-refractivity contribution >= 4 is 7.37 Å². The van der Waals surface area contributed by atoms with Crippen molar-refractivity contribution in [1.29, 1.82) is 0 Å². The Morgan fingerprint density at radius 3 is 1.89 bits per heavy atom. The Bertz CT molecular complexity index is 386. The van der Waals surface area contributed by atoms with E-state index in [9.17, 15) is 4.57 Å². The van der Waals surface area contributed by atoms with Gasteiger partial charge in [-0.3, -0.25) is 4.57 Å². The molecule has 0 amide bonds. The van der Waals surface area contributed by atoms with Gasteiger partial charge >= 0.3 is 0 Å². The zero-order chi connectivity index (χ0) is 14.3. The Balaban J connectivity index is 2.94. The Morgan fingerprint density at radius 1 is 1.00 bits per heavy atom. The van der Waals surface area contributed by atoms with Crippen LogP contribution in [0, 0.1) is 0 Å². The molecule has 1 aromatic carbocycles. The number of hydrogen-bond donors (Lipinski definition) is 0. The van der Waals surface area contributed by atoms with Crippen LogP contribution in [0.3, 0.4) is 0 Å². The molecule has 0 saturated heterocycles. The molecule has 2 unspecified atom stereocenters. The molecule has 0 bridgehead atoms. The Hall–Kier alpha value is -0.750. The van der Waals surface area contributed by atoms with Crippen LogP contribution in [-0.4, -0.2) is 11.3 Å². The van der Waals surface area contributed by atoms with Crippen LogP contribution in [0.4, 0.5) is 0 Å². The minimum atomic E-state index is -2.66. The van der Waals surface area contributed by atoms with Crippen LogP contribution in [0.2, 0.25) is 0 Å². The number of para-hydroxylation sites is 1. The summed E-state index contributed by atoms with van der Waals surface area (Å²) < 4.78 is 19.3. The van der Waals surface area contributed by atoms with Gasteiger partial charge in [0, 0.05) is 11.3 Å². The van der Waals surface area contributed by atoms with Crippen molar-refractivity contribution in [2.75, 3.05) is 0 Å². The smallest absolute Gasteiger partial charge is 0.253 e. The first-order chi connectivity index (χ1) is 9.04. The van der Waals surface area contributed by atoms with E-state index < -0.39 is 7.37 Å². The predicted octanol–water partition coefficient (Wildman–Crippen LogP) is 5.72. The summed E-state index contributed by atoms with van der Waals surface area (Å²) >= 11 is 0. The zero-order valence-electron chi connectivity index (χ0n) is 12.6. The largest absolute Gasteiger partial charge is 0.442 e. The molecule has 3 heteroatoms. The standard InChI is InChI=1S/C16H27O2P/c1-5-10-14(3)19(17,15(4)11-6-2)18-16-12-8-7-9-13-16/h7-9,12-15H,5-6,10-11H2,1-4H3. The summed E-state index contributed by atoms with van der Waals surface area (Å²) in [5.74, 6) is 0.733. The van der Waals surface area contributed by atoms with Gasteiger partial charge in [0.15, 0.2) is 0 Å². The minimum Gasteiger partial charge on any atom is -0.442 e. The molecule has 108 valence electrons. The van der Waals surface area contributed by atoms with Gasteiger partial charge in [0.25, 0.3) is 7.37 Å². The summed E-state index contributed by atoms with van der Waals surface area (Å²) in [6.07, 6.45) is 4.00. The fourth-order valence-corrected chi connectivity index (χ4v) is 5.37. The molecule has 1 rings (SSSR count). The fraction of sp³-hybridized carbons (Fsp3) is 0.625. The van der Waals surface area contributed by atoms with E-state index in [0.717, 1.165) is 31.4 Å². The van der Waals surface area contributed by atoms with Gasteiger partial charge in [-0.1, -0.05) is 58.7 Å². The SMILES string of the molecule is CCCC(C)P(=O)(Oc1ccccc1)C(C)CCC. The Labute approximate surface area is 118 Å². The second-order valence-corrected chi connectivity index (χ2v) is 8.56. The highest BCUT2D eigenvalue weighted by Gasteiger charge is 2.37. The zero-order valence-corrected chi connectivity index (χ0v) is 13.5. The average molecular weight is 282 g/mol. The highest BCUT2D eigenvalue weighted by atomic mass is 31.2. The number of rotatable bonds is 8. The lowest BCUT2D eigenvalue weighted by atomic mass is 10.3. The van der Waals surface area contributed by atoms with E-state index >= 15 is 0 Å². The first-order valence-corrected chi connectivity index (χ1v) is 9.14. The van der Waals surface area contributed by atoms with Gasteiger partial charge in [0.05, 0.1) is 0 Å². The van der Waals surface area contributed by atoms with E-state index in [4.69, 9.17) is 4.52 Å². The molecule has 0 aliphatic rings. The molecule has 0 heterocycles. The van der Waals surface area contributed by atoms with Gasteiger partial charge in [-0.15, -0.1) is 0 Å². The summed E-state index contributed by atoms with van der Waals surface area (Å²) in [7, 11) is -2.66. The lowest BCUT2D eigenvalue weighted by Crippen LogP contribution is -2.18. The summed E-state index contributed by atoms with van der Waals surface area (Å²) in [6.45, 7) is 8.40. The van der Waals surface area contributed by atoms with Crippen molar-refractivity contribution < 1.29 is 9.09 Å². The molecular weight excluding hydrogens is 255 g/mol. The Morgan fingerprint density at radius 2 is 1.47 bits per heavy atom. The van der Waals surface area contributed by atoms with Gasteiger partial charge in [-0.25, -0.2) is 0 Å². The van der Waals surface area contributed by atoms with Gasteiger partial charge in [-0.2, -0.15) is 0 Å². The maximum absolute atomic E-state index is 13.3. The summed E-state index contributed by atoms with van der Waals surface area (Å²) in [5.41, 5.74) is 0.249. The lowest BCUT2D eigenvalue weighted by molar-refractivity contribution is 0.448. The van der Waals surface area contributed by atoms with Crippen molar-refractivity contribution in [3.05, 3.63) is 30.3 Å². The van der Waals surface area contributed by atoms with Crippen LogP contribution in [0.25, 0.3) is 0 Å². The topological polar surface area (TPSA) is 26.3 Å².